The molecule has 0 aromatic heterocycles. The largest absolute Gasteiger partial charge is 0.497 e. The average molecular weight is 274 g/mol. The van der Waals surface area contributed by atoms with E-state index in [1.807, 2.05) is 37.3 Å². The number of benzene rings is 1. The number of methoxy groups -OCH3 is 2. The smallest absolute Gasteiger partial charge is 0.335 e. The standard InChI is InChI=1S/C16H18O4/c1-16(20-3)10-12(15(17)18)6-9-14(16)11-4-7-13(19-2)8-5-11/h4-10,14H,1-3H3,(H,17,18). The topological polar surface area (TPSA) is 55.8 Å². The SMILES string of the molecule is COc1ccc(C2C=CC(C(=O)O)=CC2(C)OC)cc1. The van der Waals surface area contributed by atoms with Gasteiger partial charge in [-0.3, -0.25) is 0 Å². The predicted molar refractivity (Wildman–Crippen MR) is 76.0 cm³/mol. The van der Waals surface area contributed by atoms with Crippen LogP contribution in [0.15, 0.2) is 48.1 Å². The zero-order valence-corrected chi connectivity index (χ0v) is 11.8. The van der Waals surface area contributed by atoms with Crippen molar-refractivity contribution in [3.8, 4) is 5.75 Å². The second-order valence-electron chi connectivity index (χ2n) is 4.90. The number of hydrogen-bond acceptors (Lipinski definition) is 3. The third-order valence-electron chi connectivity index (χ3n) is 3.69. The van der Waals surface area contributed by atoms with Gasteiger partial charge >= 0.3 is 5.97 Å². The van der Waals surface area contributed by atoms with Crippen molar-refractivity contribution in [3.63, 3.8) is 0 Å². The van der Waals surface area contributed by atoms with E-state index >= 15 is 0 Å². The Balaban J connectivity index is 2.36. The van der Waals surface area contributed by atoms with Gasteiger partial charge in [-0.2, -0.15) is 0 Å². The first-order valence-corrected chi connectivity index (χ1v) is 6.33. The number of ether oxygens (including phenoxy) is 2. The summed E-state index contributed by atoms with van der Waals surface area (Å²) in [5, 5.41) is 9.10. The lowest BCUT2D eigenvalue weighted by Crippen LogP contribution is -2.35. The Bertz CT molecular complexity index is 556. The first-order valence-electron chi connectivity index (χ1n) is 6.33. The molecule has 2 atom stereocenters. The minimum absolute atomic E-state index is 0.0403. The van der Waals surface area contributed by atoms with Gasteiger partial charge in [-0.1, -0.05) is 24.3 Å². The second-order valence-corrected chi connectivity index (χ2v) is 4.90. The van der Waals surface area contributed by atoms with Crippen molar-refractivity contribution < 1.29 is 19.4 Å². The van der Waals surface area contributed by atoms with Crippen LogP contribution in [-0.4, -0.2) is 30.9 Å². The molecule has 20 heavy (non-hydrogen) atoms. The molecule has 1 aliphatic rings. The molecule has 1 aromatic rings. The van der Waals surface area contributed by atoms with Crippen LogP contribution in [0.3, 0.4) is 0 Å². The van der Waals surface area contributed by atoms with Gasteiger partial charge in [0.25, 0.3) is 0 Å². The summed E-state index contributed by atoms with van der Waals surface area (Å²) < 4.78 is 10.7. The molecule has 0 radical (unpaired) electrons. The number of hydrogen-bond donors (Lipinski definition) is 1. The van der Waals surface area contributed by atoms with E-state index < -0.39 is 11.6 Å². The van der Waals surface area contributed by atoms with E-state index in [2.05, 4.69) is 0 Å². The quantitative estimate of drug-likeness (QED) is 0.917. The highest BCUT2D eigenvalue weighted by Gasteiger charge is 2.35. The third-order valence-corrected chi connectivity index (χ3v) is 3.69. The number of carbonyl (C=O) groups is 1. The number of carboxylic acids is 1. The molecule has 1 aromatic carbocycles. The van der Waals surface area contributed by atoms with Crippen LogP contribution < -0.4 is 4.74 Å². The molecule has 0 bridgehead atoms. The Labute approximate surface area is 118 Å². The third kappa shape index (κ3) is 2.60. The van der Waals surface area contributed by atoms with Crippen LogP contribution in [0.1, 0.15) is 18.4 Å². The molecule has 2 rings (SSSR count). The normalized spacial score (nSPS) is 25.1. The fourth-order valence-electron chi connectivity index (χ4n) is 2.41. The van der Waals surface area contributed by atoms with E-state index in [1.165, 1.54) is 0 Å². The molecule has 1 N–H and O–H groups in total. The summed E-state index contributed by atoms with van der Waals surface area (Å²) >= 11 is 0. The van der Waals surface area contributed by atoms with E-state index in [-0.39, 0.29) is 11.5 Å². The lowest BCUT2D eigenvalue weighted by Gasteiger charge is -2.35. The first kappa shape index (κ1) is 14.3. The fraction of sp³-hybridized carbons (Fsp3) is 0.312. The van der Waals surface area contributed by atoms with Crippen molar-refractivity contribution in [2.24, 2.45) is 0 Å². The van der Waals surface area contributed by atoms with Gasteiger partial charge in [0, 0.05) is 13.0 Å². The monoisotopic (exact) mass is 274 g/mol. The van der Waals surface area contributed by atoms with Crippen LogP contribution in [0.4, 0.5) is 0 Å². The Hall–Kier alpha value is -2.07. The Morgan fingerprint density at radius 3 is 2.40 bits per heavy atom. The van der Waals surface area contributed by atoms with Crippen LogP contribution in [-0.2, 0) is 9.53 Å². The van der Waals surface area contributed by atoms with Gasteiger partial charge in [-0.15, -0.1) is 0 Å². The van der Waals surface area contributed by atoms with Gasteiger partial charge in [0.15, 0.2) is 0 Å². The lowest BCUT2D eigenvalue weighted by molar-refractivity contribution is -0.132. The van der Waals surface area contributed by atoms with Gasteiger partial charge in [0.1, 0.15) is 5.75 Å². The minimum atomic E-state index is -0.947. The summed E-state index contributed by atoms with van der Waals surface area (Å²) in [5.74, 6) is -0.200. The molecule has 0 heterocycles. The van der Waals surface area contributed by atoms with Crippen LogP contribution in [0.2, 0.25) is 0 Å². The number of rotatable bonds is 4. The zero-order chi connectivity index (χ0) is 14.8. The highest BCUT2D eigenvalue weighted by molar-refractivity contribution is 5.90. The maximum atomic E-state index is 11.1. The molecule has 4 heteroatoms. The maximum Gasteiger partial charge on any atom is 0.335 e. The minimum Gasteiger partial charge on any atom is -0.497 e. The van der Waals surface area contributed by atoms with Crippen molar-refractivity contribution in [2.75, 3.05) is 14.2 Å². The molecule has 2 unspecified atom stereocenters. The maximum absolute atomic E-state index is 11.1. The fourth-order valence-corrected chi connectivity index (χ4v) is 2.41. The Morgan fingerprint density at radius 2 is 1.90 bits per heavy atom. The molecule has 0 aliphatic heterocycles. The highest BCUT2D eigenvalue weighted by atomic mass is 16.5. The van der Waals surface area contributed by atoms with Crippen LogP contribution >= 0.6 is 0 Å². The van der Waals surface area contributed by atoms with Crippen molar-refractivity contribution in [3.05, 3.63) is 53.6 Å². The molecule has 0 fully saturated rings. The average Bonchev–Trinajstić information content (AvgIpc) is 2.47. The number of aliphatic carboxylic acids is 1. The van der Waals surface area contributed by atoms with Gasteiger partial charge in [0.2, 0.25) is 0 Å². The Kier molecular flexibility index (Phi) is 3.95. The molecule has 4 nitrogen and oxygen atoms in total. The lowest BCUT2D eigenvalue weighted by atomic mass is 9.78. The summed E-state index contributed by atoms with van der Waals surface area (Å²) in [5.41, 5.74) is 0.614. The van der Waals surface area contributed by atoms with Crippen molar-refractivity contribution in [2.45, 2.75) is 18.4 Å². The molecular weight excluding hydrogens is 256 g/mol. The van der Waals surface area contributed by atoms with E-state index in [9.17, 15) is 4.79 Å². The summed E-state index contributed by atoms with van der Waals surface area (Å²) in [6.45, 7) is 1.88. The van der Waals surface area contributed by atoms with E-state index in [0.717, 1.165) is 11.3 Å². The van der Waals surface area contributed by atoms with Crippen molar-refractivity contribution >= 4 is 5.97 Å². The summed E-state index contributed by atoms with van der Waals surface area (Å²) in [6, 6.07) is 7.70. The van der Waals surface area contributed by atoms with Crippen molar-refractivity contribution in [1.29, 1.82) is 0 Å². The predicted octanol–water partition coefficient (Wildman–Crippen LogP) is 2.76. The highest BCUT2D eigenvalue weighted by Crippen LogP contribution is 2.38. The van der Waals surface area contributed by atoms with Gasteiger partial charge in [0.05, 0.1) is 18.3 Å². The van der Waals surface area contributed by atoms with Crippen molar-refractivity contribution in [1.82, 2.24) is 0 Å². The first-order chi connectivity index (χ1) is 9.50. The van der Waals surface area contributed by atoms with E-state index in [4.69, 9.17) is 14.6 Å². The van der Waals surface area contributed by atoms with E-state index in [0.29, 0.717) is 0 Å². The molecule has 0 saturated carbocycles. The van der Waals surface area contributed by atoms with Crippen LogP contribution in [0.5, 0.6) is 5.75 Å². The van der Waals surface area contributed by atoms with Gasteiger partial charge in [-0.05, 0) is 30.7 Å². The van der Waals surface area contributed by atoms with Crippen LogP contribution in [0, 0.1) is 0 Å². The van der Waals surface area contributed by atoms with E-state index in [1.54, 1.807) is 26.4 Å². The van der Waals surface area contributed by atoms with Gasteiger partial charge in [-0.25, -0.2) is 4.79 Å². The number of carboxylic acid groups (broad SMARTS) is 1. The molecule has 0 amide bonds. The molecule has 1 aliphatic carbocycles. The molecule has 0 saturated heterocycles. The molecule has 106 valence electrons. The summed E-state index contributed by atoms with van der Waals surface area (Å²) in [4.78, 5) is 11.1. The zero-order valence-electron chi connectivity index (χ0n) is 11.8. The molecular formula is C16H18O4. The summed E-state index contributed by atoms with van der Waals surface area (Å²) in [6.07, 6.45) is 5.15. The van der Waals surface area contributed by atoms with Gasteiger partial charge < -0.3 is 14.6 Å². The summed E-state index contributed by atoms with van der Waals surface area (Å²) in [7, 11) is 3.21. The Morgan fingerprint density at radius 1 is 1.25 bits per heavy atom. The molecule has 0 spiro atoms. The van der Waals surface area contributed by atoms with Crippen LogP contribution in [0.25, 0.3) is 0 Å². The second kappa shape index (κ2) is 5.51.